The standard InChI is InChI=1S/C12H16Cl2S/c13-8-10(9-3-1-2-4-9)7-11-5-6-12(14)15-11/h5-6,9-10H,1-4,7-8H2. The number of hydrogen-bond acceptors (Lipinski definition) is 1. The second-order valence-electron chi connectivity index (χ2n) is 4.37. The van der Waals surface area contributed by atoms with Crippen molar-refractivity contribution in [2.24, 2.45) is 11.8 Å². The Hall–Kier alpha value is 0.280. The monoisotopic (exact) mass is 262 g/mol. The van der Waals surface area contributed by atoms with Crippen LogP contribution in [0.3, 0.4) is 0 Å². The molecule has 84 valence electrons. The lowest BCUT2D eigenvalue weighted by Gasteiger charge is -2.20. The van der Waals surface area contributed by atoms with Gasteiger partial charge in [-0.3, -0.25) is 0 Å². The molecule has 1 aliphatic rings. The van der Waals surface area contributed by atoms with E-state index in [4.69, 9.17) is 23.2 Å². The average Bonchev–Trinajstić information content (AvgIpc) is 2.85. The van der Waals surface area contributed by atoms with Gasteiger partial charge in [-0.05, 0) is 30.4 Å². The minimum absolute atomic E-state index is 0.656. The molecule has 0 amide bonds. The van der Waals surface area contributed by atoms with Crippen molar-refractivity contribution in [3.63, 3.8) is 0 Å². The van der Waals surface area contributed by atoms with Crippen LogP contribution in [-0.2, 0) is 6.42 Å². The summed E-state index contributed by atoms with van der Waals surface area (Å²) in [7, 11) is 0. The zero-order chi connectivity index (χ0) is 10.7. The first-order valence-electron chi connectivity index (χ1n) is 5.60. The van der Waals surface area contributed by atoms with Gasteiger partial charge >= 0.3 is 0 Å². The minimum atomic E-state index is 0.656. The summed E-state index contributed by atoms with van der Waals surface area (Å²) < 4.78 is 0.893. The Morgan fingerprint density at radius 2 is 2.07 bits per heavy atom. The third-order valence-corrected chi connectivity index (χ3v) is 5.01. The maximum atomic E-state index is 6.08. The minimum Gasteiger partial charge on any atom is -0.128 e. The van der Waals surface area contributed by atoms with Gasteiger partial charge in [0.2, 0.25) is 0 Å². The van der Waals surface area contributed by atoms with E-state index in [0.29, 0.717) is 5.92 Å². The Bertz CT molecular complexity index is 302. The topological polar surface area (TPSA) is 0 Å². The molecule has 0 bridgehead atoms. The van der Waals surface area contributed by atoms with Gasteiger partial charge in [-0.25, -0.2) is 0 Å². The Labute approximate surface area is 106 Å². The van der Waals surface area contributed by atoms with E-state index in [1.807, 2.05) is 6.07 Å². The Kier molecular flexibility index (Phi) is 4.36. The Balaban J connectivity index is 1.95. The molecule has 0 aliphatic heterocycles. The van der Waals surface area contributed by atoms with Crippen molar-refractivity contribution in [2.75, 3.05) is 5.88 Å². The second kappa shape index (κ2) is 5.56. The molecule has 1 saturated carbocycles. The van der Waals surface area contributed by atoms with E-state index in [9.17, 15) is 0 Å². The molecule has 1 aromatic heterocycles. The number of alkyl halides is 1. The molecule has 0 nitrogen and oxygen atoms in total. The predicted octanol–water partition coefficient (Wildman–Crippen LogP) is 4.99. The van der Waals surface area contributed by atoms with Crippen LogP contribution in [0.5, 0.6) is 0 Å². The first-order valence-corrected chi connectivity index (χ1v) is 7.32. The summed E-state index contributed by atoms with van der Waals surface area (Å²) in [6, 6.07) is 4.13. The van der Waals surface area contributed by atoms with E-state index < -0.39 is 0 Å². The molecular weight excluding hydrogens is 247 g/mol. The predicted molar refractivity (Wildman–Crippen MR) is 69.2 cm³/mol. The molecule has 0 saturated heterocycles. The smallest absolute Gasteiger partial charge is 0.0931 e. The first kappa shape index (κ1) is 11.8. The van der Waals surface area contributed by atoms with Gasteiger partial charge in [0.1, 0.15) is 0 Å². The van der Waals surface area contributed by atoms with E-state index in [1.54, 1.807) is 11.3 Å². The third kappa shape index (κ3) is 3.12. The highest BCUT2D eigenvalue weighted by Crippen LogP contribution is 2.35. The summed E-state index contributed by atoms with van der Waals surface area (Å²) in [5, 5.41) is 0. The van der Waals surface area contributed by atoms with E-state index in [0.717, 1.165) is 22.6 Å². The van der Waals surface area contributed by atoms with Crippen molar-refractivity contribution in [1.29, 1.82) is 0 Å². The summed E-state index contributed by atoms with van der Waals surface area (Å²) in [4.78, 5) is 1.39. The summed E-state index contributed by atoms with van der Waals surface area (Å²) in [6.45, 7) is 0. The van der Waals surface area contributed by atoms with Gasteiger partial charge in [0.15, 0.2) is 0 Å². The van der Waals surface area contributed by atoms with E-state index in [1.165, 1.54) is 30.6 Å². The van der Waals surface area contributed by atoms with Crippen LogP contribution < -0.4 is 0 Å². The summed E-state index contributed by atoms with van der Waals surface area (Å²) in [5.74, 6) is 2.30. The number of rotatable bonds is 4. The zero-order valence-electron chi connectivity index (χ0n) is 8.72. The molecule has 2 rings (SSSR count). The maximum Gasteiger partial charge on any atom is 0.0931 e. The molecule has 3 heteroatoms. The van der Waals surface area contributed by atoms with Crippen LogP contribution in [0.1, 0.15) is 30.6 Å². The lowest BCUT2D eigenvalue weighted by molar-refractivity contribution is 0.371. The molecule has 0 N–H and O–H groups in total. The van der Waals surface area contributed by atoms with Crippen LogP contribution in [0.2, 0.25) is 4.34 Å². The lowest BCUT2D eigenvalue weighted by atomic mass is 9.89. The van der Waals surface area contributed by atoms with Crippen molar-refractivity contribution < 1.29 is 0 Å². The third-order valence-electron chi connectivity index (χ3n) is 3.36. The average molecular weight is 263 g/mol. The van der Waals surface area contributed by atoms with Gasteiger partial charge in [-0.15, -0.1) is 22.9 Å². The van der Waals surface area contributed by atoms with Crippen LogP contribution in [0.15, 0.2) is 12.1 Å². The second-order valence-corrected chi connectivity index (χ2v) is 6.48. The van der Waals surface area contributed by atoms with E-state index in [2.05, 4.69) is 6.07 Å². The van der Waals surface area contributed by atoms with Gasteiger partial charge in [-0.1, -0.05) is 37.3 Å². The number of thiophene rings is 1. The van der Waals surface area contributed by atoms with Gasteiger partial charge < -0.3 is 0 Å². The van der Waals surface area contributed by atoms with Gasteiger partial charge in [0.05, 0.1) is 4.34 Å². The molecule has 0 radical (unpaired) electrons. The maximum absolute atomic E-state index is 6.08. The Morgan fingerprint density at radius 1 is 1.33 bits per heavy atom. The van der Waals surface area contributed by atoms with Crippen molar-refractivity contribution in [3.05, 3.63) is 21.3 Å². The highest BCUT2D eigenvalue weighted by atomic mass is 35.5. The fourth-order valence-electron chi connectivity index (χ4n) is 2.50. The van der Waals surface area contributed by atoms with Crippen LogP contribution in [0.4, 0.5) is 0 Å². The summed E-state index contributed by atoms with van der Waals surface area (Å²) in [6.07, 6.45) is 6.64. The van der Waals surface area contributed by atoms with Gasteiger partial charge in [0.25, 0.3) is 0 Å². The molecule has 1 aliphatic carbocycles. The molecule has 1 aromatic rings. The van der Waals surface area contributed by atoms with E-state index >= 15 is 0 Å². The number of hydrogen-bond donors (Lipinski definition) is 0. The molecule has 1 fully saturated rings. The highest BCUT2D eigenvalue weighted by molar-refractivity contribution is 7.16. The molecule has 0 spiro atoms. The molecular formula is C12H16Cl2S. The quantitative estimate of drug-likeness (QED) is 0.671. The highest BCUT2D eigenvalue weighted by Gasteiger charge is 2.24. The summed E-state index contributed by atoms with van der Waals surface area (Å²) >= 11 is 13.7. The van der Waals surface area contributed by atoms with Crippen molar-refractivity contribution in [3.8, 4) is 0 Å². The van der Waals surface area contributed by atoms with Crippen LogP contribution in [0, 0.1) is 11.8 Å². The Morgan fingerprint density at radius 3 is 2.60 bits per heavy atom. The first-order chi connectivity index (χ1) is 7.29. The van der Waals surface area contributed by atoms with Crippen LogP contribution in [-0.4, -0.2) is 5.88 Å². The van der Waals surface area contributed by atoms with Crippen LogP contribution in [0.25, 0.3) is 0 Å². The molecule has 1 unspecified atom stereocenters. The SMILES string of the molecule is ClCC(Cc1ccc(Cl)s1)C1CCCC1. The molecule has 1 atom stereocenters. The fraction of sp³-hybridized carbons (Fsp3) is 0.667. The lowest BCUT2D eigenvalue weighted by Crippen LogP contribution is -2.15. The largest absolute Gasteiger partial charge is 0.128 e. The summed E-state index contributed by atoms with van der Waals surface area (Å²) in [5.41, 5.74) is 0. The van der Waals surface area contributed by atoms with Crippen molar-refractivity contribution >= 4 is 34.5 Å². The molecule has 0 aromatic carbocycles. The molecule has 15 heavy (non-hydrogen) atoms. The van der Waals surface area contributed by atoms with Crippen LogP contribution >= 0.6 is 34.5 Å². The van der Waals surface area contributed by atoms with Crippen molar-refractivity contribution in [2.45, 2.75) is 32.1 Å². The number of halogens is 2. The fourth-order valence-corrected chi connectivity index (χ4v) is 4.04. The van der Waals surface area contributed by atoms with Gasteiger partial charge in [-0.2, -0.15) is 0 Å². The van der Waals surface area contributed by atoms with Gasteiger partial charge in [0, 0.05) is 10.8 Å². The zero-order valence-corrected chi connectivity index (χ0v) is 11.0. The van der Waals surface area contributed by atoms with E-state index in [-0.39, 0.29) is 0 Å². The van der Waals surface area contributed by atoms with Crippen molar-refractivity contribution in [1.82, 2.24) is 0 Å². The molecule has 1 heterocycles. The normalized spacial score (nSPS) is 19.6.